The Hall–Kier alpha value is -0.950. The van der Waals surface area contributed by atoms with Crippen LogP contribution < -0.4 is 0 Å². The lowest BCUT2D eigenvalue weighted by Crippen LogP contribution is -2.52. The predicted octanol–water partition coefficient (Wildman–Crippen LogP) is 3.26. The number of carbonyl (C=O) groups is 1. The van der Waals surface area contributed by atoms with Gasteiger partial charge in [0, 0.05) is 37.6 Å². The topological polar surface area (TPSA) is 48.0 Å². The zero-order valence-electron chi connectivity index (χ0n) is 15.3. The molecule has 1 unspecified atom stereocenters. The van der Waals surface area contributed by atoms with Crippen LogP contribution in [-0.4, -0.2) is 62.0 Å². The fraction of sp³-hybridized carbons (Fsp3) is 0.737. The molecule has 2 saturated heterocycles. The Kier molecular flexibility index (Phi) is 6.49. The minimum Gasteiger partial charge on any atom is -0.379 e. The van der Waals surface area contributed by atoms with Crippen molar-refractivity contribution in [2.24, 2.45) is 0 Å². The molecule has 0 aromatic carbocycles. The van der Waals surface area contributed by atoms with Crippen LogP contribution in [0.1, 0.15) is 47.2 Å². The van der Waals surface area contributed by atoms with Gasteiger partial charge < -0.3 is 19.1 Å². The summed E-state index contributed by atoms with van der Waals surface area (Å²) in [5.74, 6) is 0.160. The Morgan fingerprint density at radius 3 is 2.84 bits per heavy atom. The largest absolute Gasteiger partial charge is 0.379 e. The second-order valence-electron chi connectivity index (χ2n) is 6.92. The molecule has 1 amide bonds. The van der Waals surface area contributed by atoms with Crippen molar-refractivity contribution in [2.75, 3.05) is 39.5 Å². The fourth-order valence-corrected chi connectivity index (χ4v) is 4.55. The first-order chi connectivity index (χ1) is 12.1. The highest BCUT2D eigenvalue weighted by molar-refractivity contribution is 7.13. The van der Waals surface area contributed by atoms with Crippen molar-refractivity contribution in [1.82, 2.24) is 4.90 Å². The number of hydrogen-bond donors (Lipinski definition) is 0. The van der Waals surface area contributed by atoms with E-state index in [-0.39, 0.29) is 17.6 Å². The van der Waals surface area contributed by atoms with Gasteiger partial charge in [0.2, 0.25) is 0 Å². The van der Waals surface area contributed by atoms with E-state index in [9.17, 15) is 4.79 Å². The third-order valence-corrected chi connectivity index (χ3v) is 6.13. The summed E-state index contributed by atoms with van der Waals surface area (Å²) in [5, 5.41) is 0. The van der Waals surface area contributed by atoms with Crippen molar-refractivity contribution in [3.05, 3.63) is 21.9 Å². The molecule has 2 aliphatic rings. The zero-order chi connectivity index (χ0) is 17.7. The van der Waals surface area contributed by atoms with Gasteiger partial charge >= 0.3 is 0 Å². The number of thiophene rings is 1. The zero-order valence-corrected chi connectivity index (χ0v) is 16.1. The Morgan fingerprint density at radius 2 is 2.16 bits per heavy atom. The normalized spacial score (nSPS) is 23.1. The third-order valence-electron chi connectivity index (χ3n) is 5.15. The van der Waals surface area contributed by atoms with Gasteiger partial charge in [0.25, 0.3) is 5.91 Å². The molecule has 0 bridgehead atoms. The van der Waals surface area contributed by atoms with E-state index in [1.807, 2.05) is 30.9 Å². The molecule has 5 nitrogen and oxygen atoms in total. The van der Waals surface area contributed by atoms with Crippen LogP contribution in [0.3, 0.4) is 0 Å². The number of hydrogen-bond acceptors (Lipinski definition) is 5. The molecule has 25 heavy (non-hydrogen) atoms. The van der Waals surface area contributed by atoms with Crippen LogP contribution in [0, 0.1) is 6.92 Å². The molecule has 3 rings (SSSR count). The van der Waals surface area contributed by atoms with Gasteiger partial charge in [-0.15, -0.1) is 11.3 Å². The second kappa shape index (κ2) is 8.62. The summed E-state index contributed by atoms with van der Waals surface area (Å²) < 4.78 is 17.5. The van der Waals surface area contributed by atoms with E-state index >= 15 is 0 Å². The number of carbonyl (C=O) groups excluding carboxylic acids is 1. The number of amides is 1. The van der Waals surface area contributed by atoms with E-state index in [0.717, 1.165) is 56.9 Å². The maximum absolute atomic E-state index is 12.6. The molecule has 140 valence electrons. The van der Waals surface area contributed by atoms with E-state index in [2.05, 4.69) is 0 Å². The molecule has 1 spiro atoms. The first kappa shape index (κ1) is 18.8. The highest BCUT2D eigenvalue weighted by Gasteiger charge is 2.41. The molecular formula is C19H29NO4S. The van der Waals surface area contributed by atoms with Crippen molar-refractivity contribution in [2.45, 2.75) is 51.2 Å². The molecule has 2 aliphatic heterocycles. The summed E-state index contributed by atoms with van der Waals surface area (Å²) in [5.41, 5.74) is -0.114. The highest BCUT2D eigenvalue weighted by atomic mass is 32.1. The number of nitrogens with zero attached hydrogens (tertiary/aromatic N) is 1. The van der Waals surface area contributed by atoms with E-state index < -0.39 is 0 Å². The van der Waals surface area contributed by atoms with Gasteiger partial charge in [-0.25, -0.2) is 0 Å². The lowest BCUT2D eigenvalue weighted by atomic mass is 9.83. The van der Waals surface area contributed by atoms with Gasteiger partial charge in [0.05, 0.1) is 29.8 Å². The van der Waals surface area contributed by atoms with Gasteiger partial charge in [0.15, 0.2) is 0 Å². The number of aryl methyl sites for hydroxylation is 1. The van der Waals surface area contributed by atoms with Crippen LogP contribution in [0.5, 0.6) is 0 Å². The van der Waals surface area contributed by atoms with Crippen LogP contribution in [0.25, 0.3) is 0 Å². The van der Waals surface area contributed by atoms with Crippen LogP contribution in [0.4, 0.5) is 0 Å². The molecule has 1 atom stereocenters. The van der Waals surface area contributed by atoms with E-state index in [1.54, 1.807) is 11.3 Å². The number of likely N-dealkylation sites (tertiary alicyclic amines) is 1. The van der Waals surface area contributed by atoms with Crippen molar-refractivity contribution in [1.29, 1.82) is 0 Å². The van der Waals surface area contributed by atoms with Gasteiger partial charge in [0.1, 0.15) is 0 Å². The highest BCUT2D eigenvalue weighted by Crippen LogP contribution is 2.36. The van der Waals surface area contributed by atoms with Crippen molar-refractivity contribution < 1.29 is 19.0 Å². The maximum atomic E-state index is 12.6. The first-order valence-electron chi connectivity index (χ1n) is 9.31. The average Bonchev–Trinajstić information content (AvgIpc) is 3.06. The maximum Gasteiger partial charge on any atom is 0.263 e. The summed E-state index contributed by atoms with van der Waals surface area (Å²) in [6.45, 7) is 8.35. The number of ether oxygens (including phenoxy) is 3. The first-order valence-corrected chi connectivity index (χ1v) is 10.1. The molecular weight excluding hydrogens is 338 g/mol. The lowest BCUT2D eigenvalue weighted by molar-refractivity contribution is -0.155. The SMILES string of the molecule is CCOCCOC1CCOC2(CCN(C(=O)c3ccc(C)s3)CC2)C1. The molecule has 1 aromatic heterocycles. The van der Waals surface area contributed by atoms with Crippen LogP contribution in [0.15, 0.2) is 12.1 Å². The summed E-state index contributed by atoms with van der Waals surface area (Å²) in [4.78, 5) is 16.6. The van der Waals surface area contributed by atoms with E-state index in [1.165, 1.54) is 4.88 Å². The van der Waals surface area contributed by atoms with Crippen molar-refractivity contribution >= 4 is 17.2 Å². The second-order valence-corrected chi connectivity index (χ2v) is 8.20. The molecule has 0 N–H and O–H groups in total. The predicted molar refractivity (Wildman–Crippen MR) is 98.3 cm³/mol. The monoisotopic (exact) mass is 367 g/mol. The molecule has 6 heteroatoms. The summed E-state index contributed by atoms with van der Waals surface area (Å²) in [6.07, 6.45) is 3.92. The summed E-state index contributed by atoms with van der Waals surface area (Å²) in [6, 6.07) is 3.95. The summed E-state index contributed by atoms with van der Waals surface area (Å²) in [7, 11) is 0. The number of rotatable bonds is 6. The molecule has 1 aromatic rings. The van der Waals surface area contributed by atoms with E-state index in [0.29, 0.717) is 13.2 Å². The smallest absolute Gasteiger partial charge is 0.263 e. The Bertz CT molecular complexity index is 566. The standard InChI is InChI=1S/C19H29NO4S/c1-3-22-12-13-23-16-6-11-24-19(14-16)7-9-20(10-8-19)18(21)17-5-4-15(2)25-17/h4-5,16H,3,6-14H2,1-2H3. The van der Waals surface area contributed by atoms with E-state index in [4.69, 9.17) is 14.2 Å². The Balaban J connectivity index is 1.49. The lowest BCUT2D eigenvalue weighted by Gasteiger charge is -2.46. The fourth-order valence-electron chi connectivity index (χ4n) is 3.71. The molecule has 2 fully saturated rings. The molecule has 0 radical (unpaired) electrons. The van der Waals surface area contributed by atoms with Crippen LogP contribution >= 0.6 is 11.3 Å². The molecule has 3 heterocycles. The Labute approximate surface area is 154 Å². The minimum atomic E-state index is -0.114. The Morgan fingerprint density at radius 1 is 1.36 bits per heavy atom. The van der Waals surface area contributed by atoms with Crippen molar-refractivity contribution in [3.63, 3.8) is 0 Å². The van der Waals surface area contributed by atoms with Gasteiger partial charge in [-0.1, -0.05) is 0 Å². The quantitative estimate of drug-likeness (QED) is 0.724. The van der Waals surface area contributed by atoms with Gasteiger partial charge in [-0.2, -0.15) is 0 Å². The average molecular weight is 368 g/mol. The molecule has 0 saturated carbocycles. The third kappa shape index (κ3) is 4.82. The number of piperidine rings is 1. The summed E-state index contributed by atoms with van der Waals surface area (Å²) >= 11 is 1.58. The van der Waals surface area contributed by atoms with Crippen LogP contribution in [-0.2, 0) is 14.2 Å². The van der Waals surface area contributed by atoms with Crippen molar-refractivity contribution in [3.8, 4) is 0 Å². The van der Waals surface area contributed by atoms with Gasteiger partial charge in [-0.05, 0) is 45.2 Å². The minimum absolute atomic E-state index is 0.114. The van der Waals surface area contributed by atoms with Gasteiger partial charge in [-0.3, -0.25) is 4.79 Å². The van der Waals surface area contributed by atoms with Crippen LogP contribution in [0.2, 0.25) is 0 Å². The molecule has 0 aliphatic carbocycles.